The van der Waals surface area contributed by atoms with Crippen LogP contribution in [0.5, 0.6) is 0 Å². The predicted molar refractivity (Wildman–Crippen MR) is 182 cm³/mol. The number of aliphatic hydroxyl groups is 2. The molecule has 0 bridgehead atoms. The van der Waals surface area contributed by atoms with Crippen molar-refractivity contribution in [2.75, 3.05) is 39.3 Å². The van der Waals surface area contributed by atoms with Gasteiger partial charge < -0.3 is 26.2 Å². The van der Waals surface area contributed by atoms with Crippen molar-refractivity contribution in [2.24, 2.45) is 35.5 Å². The number of rotatable bonds is 30. The SMILES string of the molecule is CCC(C)CC(C)CC(C)CC(O)CCCCNCCCCCNCCNCC(O)CC(C)CC(C)CC(C)CC. The largest absolute Gasteiger partial charge is 0.393 e. The smallest absolute Gasteiger partial charge is 0.0667 e. The fourth-order valence-electron chi connectivity index (χ4n) is 6.60. The van der Waals surface area contributed by atoms with E-state index in [-0.39, 0.29) is 12.2 Å². The van der Waals surface area contributed by atoms with Crippen molar-refractivity contribution in [3.63, 3.8) is 0 Å². The van der Waals surface area contributed by atoms with Crippen LogP contribution >= 0.6 is 0 Å². The maximum Gasteiger partial charge on any atom is 0.0667 e. The molecule has 0 fully saturated rings. The highest BCUT2D eigenvalue weighted by molar-refractivity contribution is 4.69. The van der Waals surface area contributed by atoms with Crippen molar-refractivity contribution < 1.29 is 10.2 Å². The first kappa shape index (κ1) is 40.8. The second-order valence-corrected chi connectivity index (χ2v) is 14.4. The Kier molecular flexibility index (Phi) is 27.2. The maximum absolute atomic E-state index is 10.4. The van der Waals surface area contributed by atoms with E-state index in [9.17, 15) is 10.2 Å². The topological polar surface area (TPSA) is 76.5 Å². The number of nitrogens with one attached hydrogen (secondary N) is 3. The van der Waals surface area contributed by atoms with Crippen LogP contribution in [0.2, 0.25) is 0 Å². The van der Waals surface area contributed by atoms with Crippen LogP contribution in [-0.4, -0.2) is 61.7 Å². The molecule has 0 heterocycles. The van der Waals surface area contributed by atoms with E-state index < -0.39 is 0 Å². The van der Waals surface area contributed by atoms with Crippen molar-refractivity contribution in [3.8, 4) is 0 Å². The lowest BCUT2D eigenvalue weighted by Crippen LogP contribution is -2.34. The fraction of sp³-hybridized carbons (Fsp3) is 1.00. The van der Waals surface area contributed by atoms with Gasteiger partial charge >= 0.3 is 0 Å². The van der Waals surface area contributed by atoms with Gasteiger partial charge in [-0.25, -0.2) is 0 Å². The highest BCUT2D eigenvalue weighted by Gasteiger charge is 2.16. The Balaban J connectivity index is 3.49. The Hall–Kier alpha value is -0.200. The average molecular weight is 584 g/mol. The first-order valence-corrected chi connectivity index (χ1v) is 18.0. The zero-order valence-electron chi connectivity index (χ0n) is 29.2. The number of unbranched alkanes of at least 4 members (excludes halogenated alkanes) is 3. The van der Waals surface area contributed by atoms with Crippen LogP contribution in [0, 0.1) is 35.5 Å². The van der Waals surface area contributed by atoms with Gasteiger partial charge in [0.15, 0.2) is 0 Å². The van der Waals surface area contributed by atoms with Crippen molar-refractivity contribution in [3.05, 3.63) is 0 Å². The van der Waals surface area contributed by atoms with E-state index in [2.05, 4.69) is 71.3 Å². The summed E-state index contributed by atoms with van der Waals surface area (Å²) >= 11 is 0. The van der Waals surface area contributed by atoms with Crippen molar-refractivity contribution in [1.82, 2.24) is 16.0 Å². The van der Waals surface area contributed by atoms with Crippen LogP contribution in [0.1, 0.15) is 145 Å². The minimum atomic E-state index is -0.236. The van der Waals surface area contributed by atoms with Crippen molar-refractivity contribution in [1.29, 1.82) is 0 Å². The highest BCUT2D eigenvalue weighted by Crippen LogP contribution is 2.25. The molecular formula is C36H77N3O2. The summed E-state index contributed by atoms with van der Waals surface area (Å²) in [6.45, 7) is 24.4. The predicted octanol–water partition coefficient (Wildman–Crippen LogP) is 7.79. The molecule has 0 saturated carbocycles. The summed E-state index contributed by atoms with van der Waals surface area (Å²) in [6, 6.07) is 0. The van der Waals surface area contributed by atoms with Crippen molar-refractivity contribution >= 4 is 0 Å². The molecule has 0 aromatic carbocycles. The summed E-state index contributed by atoms with van der Waals surface area (Å²) in [4.78, 5) is 0. The second kappa shape index (κ2) is 27.4. The molecule has 0 aromatic heterocycles. The minimum absolute atomic E-state index is 0.129. The maximum atomic E-state index is 10.4. The molecule has 0 rings (SSSR count). The molecule has 248 valence electrons. The Bertz CT molecular complexity index is 503. The molecule has 5 N–H and O–H groups in total. The van der Waals surface area contributed by atoms with Gasteiger partial charge in [-0.3, -0.25) is 0 Å². The monoisotopic (exact) mass is 584 g/mol. The first-order valence-electron chi connectivity index (χ1n) is 18.0. The number of hydrogen-bond acceptors (Lipinski definition) is 5. The molecule has 41 heavy (non-hydrogen) atoms. The lowest BCUT2D eigenvalue weighted by Gasteiger charge is -2.22. The second-order valence-electron chi connectivity index (χ2n) is 14.4. The van der Waals surface area contributed by atoms with Gasteiger partial charge in [0.05, 0.1) is 12.2 Å². The van der Waals surface area contributed by atoms with E-state index in [0.29, 0.717) is 18.4 Å². The van der Waals surface area contributed by atoms with Gasteiger partial charge in [0.1, 0.15) is 0 Å². The van der Waals surface area contributed by atoms with Crippen LogP contribution in [0.15, 0.2) is 0 Å². The van der Waals surface area contributed by atoms with Crippen LogP contribution in [0.3, 0.4) is 0 Å². The fourth-order valence-corrected chi connectivity index (χ4v) is 6.60. The Morgan fingerprint density at radius 2 is 0.805 bits per heavy atom. The molecule has 0 radical (unpaired) electrons. The molecule has 0 aliphatic heterocycles. The normalized spacial score (nSPS) is 18.0. The molecule has 0 aliphatic rings. The van der Waals surface area contributed by atoms with Gasteiger partial charge in [0.2, 0.25) is 0 Å². The summed E-state index contributed by atoms with van der Waals surface area (Å²) in [5, 5.41) is 31.3. The van der Waals surface area contributed by atoms with E-state index in [1.54, 1.807) is 0 Å². The summed E-state index contributed by atoms with van der Waals surface area (Å²) in [5.74, 6) is 4.36. The molecule has 0 saturated heterocycles. The summed E-state index contributed by atoms with van der Waals surface area (Å²) in [6.07, 6.45) is 16.1. The van der Waals surface area contributed by atoms with Gasteiger partial charge in [-0.1, -0.05) is 74.7 Å². The number of hydrogen-bond donors (Lipinski definition) is 5. The molecule has 8 unspecified atom stereocenters. The third kappa shape index (κ3) is 27.1. The Labute approximate surface area is 258 Å². The summed E-state index contributed by atoms with van der Waals surface area (Å²) in [7, 11) is 0. The van der Waals surface area contributed by atoms with Gasteiger partial charge in [0, 0.05) is 19.6 Å². The van der Waals surface area contributed by atoms with Gasteiger partial charge in [0.25, 0.3) is 0 Å². The Morgan fingerprint density at radius 1 is 0.415 bits per heavy atom. The van der Waals surface area contributed by atoms with Gasteiger partial charge in [-0.05, 0) is 126 Å². The molecule has 0 aromatic rings. The third-order valence-electron chi connectivity index (χ3n) is 9.17. The Morgan fingerprint density at radius 3 is 1.32 bits per heavy atom. The molecule has 5 heteroatoms. The van der Waals surface area contributed by atoms with Gasteiger partial charge in [-0.2, -0.15) is 0 Å². The average Bonchev–Trinajstić information content (AvgIpc) is 2.89. The van der Waals surface area contributed by atoms with Gasteiger partial charge in [-0.15, -0.1) is 0 Å². The zero-order valence-corrected chi connectivity index (χ0v) is 29.2. The lowest BCUT2D eigenvalue weighted by molar-refractivity contribution is 0.126. The van der Waals surface area contributed by atoms with E-state index >= 15 is 0 Å². The van der Waals surface area contributed by atoms with E-state index in [0.717, 1.165) is 88.5 Å². The quantitative estimate of drug-likeness (QED) is 0.0558. The van der Waals surface area contributed by atoms with E-state index in [4.69, 9.17) is 0 Å². The standard InChI is InChI=1S/C36H77N3O2/c1-9-29(3)22-31(5)24-33(7)26-35(40)16-12-15-19-37-17-13-11-14-18-38-20-21-39-28-36(41)27-34(8)25-32(6)23-30(4)10-2/h29-41H,9-28H2,1-8H3. The van der Waals surface area contributed by atoms with Crippen LogP contribution in [-0.2, 0) is 0 Å². The van der Waals surface area contributed by atoms with Crippen LogP contribution in [0.4, 0.5) is 0 Å². The lowest BCUT2D eigenvalue weighted by atomic mass is 9.86. The molecule has 0 spiro atoms. The molecule has 0 amide bonds. The van der Waals surface area contributed by atoms with Crippen LogP contribution < -0.4 is 16.0 Å². The van der Waals surface area contributed by atoms with Crippen molar-refractivity contribution in [2.45, 2.75) is 157 Å². The molecule has 8 atom stereocenters. The molecule has 0 aliphatic carbocycles. The molecular weight excluding hydrogens is 506 g/mol. The summed E-state index contributed by atoms with van der Waals surface area (Å²) < 4.78 is 0. The van der Waals surface area contributed by atoms with E-state index in [1.165, 1.54) is 57.8 Å². The van der Waals surface area contributed by atoms with E-state index in [1.807, 2.05) is 0 Å². The third-order valence-corrected chi connectivity index (χ3v) is 9.17. The minimum Gasteiger partial charge on any atom is -0.393 e. The highest BCUT2D eigenvalue weighted by atomic mass is 16.3. The first-order chi connectivity index (χ1) is 19.6. The number of aliphatic hydroxyl groups excluding tert-OH is 2. The molecule has 5 nitrogen and oxygen atoms in total. The van der Waals surface area contributed by atoms with Crippen LogP contribution in [0.25, 0.3) is 0 Å². The summed E-state index contributed by atoms with van der Waals surface area (Å²) in [5.41, 5.74) is 0. The zero-order chi connectivity index (χ0) is 30.9.